The quantitative estimate of drug-likeness (QED) is 0.499. The number of carbonyl (C=O) groups excluding carboxylic acids is 6. The van der Waals surface area contributed by atoms with Crippen LogP contribution in [0, 0.1) is 5.92 Å². The van der Waals surface area contributed by atoms with Gasteiger partial charge in [0.1, 0.15) is 0 Å². The summed E-state index contributed by atoms with van der Waals surface area (Å²) < 4.78 is 5.42. The van der Waals surface area contributed by atoms with Crippen molar-refractivity contribution in [2.45, 2.75) is 58.5 Å². The van der Waals surface area contributed by atoms with Crippen molar-refractivity contribution in [3.05, 3.63) is 0 Å². The van der Waals surface area contributed by atoms with Gasteiger partial charge in [0.2, 0.25) is 0 Å². The minimum Gasteiger partial charge on any atom is -0.378 e. The van der Waals surface area contributed by atoms with E-state index in [1.54, 1.807) is 13.8 Å². The lowest BCUT2D eigenvalue weighted by Gasteiger charge is -2.18. The highest BCUT2D eigenvalue weighted by Gasteiger charge is 2.34. The zero-order valence-electron chi connectivity index (χ0n) is 15.7. The van der Waals surface area contributed by atoms with Crippen molar-refractivity contribution in [2.24, 2.45) is 5.92 Å². The molecule has 0 aromatic carbocycles. The number of rotatable bonds is 9. The zero-order chi connectivity index (χ0) is 20.8. The predicted octanol–water partition coefficient (Wildman–Crippen LogP) is 0.268. The molecule has 0 aliphatic carbocycles. The van der Waals surface area contributed by atoms with Crippen LogP contribution < -0.4 is 0 Å². The SMILES string of the molecule is CC(CC(=O)ON1C(=O)CCC1=O)OCCC(C)C(=O)ON1C(=O)CCC1=O.[HH]. The van der Waals surface area contributed by atoms with Crippen LogP contribution >= 0.6 is 0 Å². The van der Waals surface area contributed by atoms with Crippen LogP contribution in [0.3, 0.4) is 0 Å². The van der Waals surface area contributed by atoms with Crippen molar-refractivity contribution < 1.29 is 44.6 Å². The molecular formula is C17H24N2O9. The summed E-state index contributed by atoms with van der Waals surface area (Å²) in [6.07, 6.45) is -0.464. The summed E-state index contributed by atoms with van der Waals surface area (Å²) in [6.45, 7) is 3.26. The number of hydrogen-bond donors (Lipinski definition) is 0. The average Bonchev–Trinajstić information content (AvgIpc) is 3.11. The first-order valence-corrected chi connectivity index (χ1v) is 8.94. The molecule has 0 bridgehead atoms. The van der Waals surface area contributed by atoms with E-state index in [0.717, 1.165) is 0 Å². The van der Waals surface area contributed by atoms with Gasteiger partial charge in [0, 0.05) is 33.7 Å². The fraction of sp³-hybridized carbons (Fsp3) is 0.647. The minimum absolute atomic E-state index is 0. The molecule has 2 aliphatic rings. The van der Waals surface area contributed by atoms with Crippen LogP contribution in [-0.2, 0) is 43.2 Å². The smallest absolute Gasteiger partial charge is 0.336 e. The van der Waals surface area contributed by atoms with Gasteiger partial charge in [-0.15, -0.1) is 10.1 Å². The van der Waals surface area contributed by atoms with Crippen molar-refractivity contribution in [1.29, 1.82) is 0 Å². The van der Waals surface area contributed by atoms with Gasteiger partial charge in [-0.25, -0.2) is 9.59 Å². The van der Waals surface area contributed by atoms with Gasteiger partial charge in [0.25, 0.3) is 23.6 Å². The molecule has 11 nitrogen and oxygen atoms in total. The molecule has 2 atom stereocenters. The maximum atomic E-state index is 11.9. The van der Waals surface area contributed by atoms with Crippen LogP contribution in [-0.4, -0.2) is 58.4 Å². The summed E-state index contributed by atoms with van der Waals surface area (Å²) in [7, 11) is 0. The van der Waals surface area contributed by atoms with Crippen LogP contribution in [0.15, 0.2) is 0 Å². The number of carbonyl (C=O) groups is 6. The number of ether oxygens (including phenoxy) is 1. The molecule has 4 amide bonds. The summed E-state index contributed by atoms with van der Waals surface area (Å²) in [6, 6.07) is 0. The highest BCUT2D eigenvalue weighted by Crippen LogP contribution is 2.16. The Labute approximate surface area is 162 Å². The lowest BCUT2D eigenvalue weighted by atomic mass is 10.1. The molecule has 2 aliphatic heterocycles. The molecule has 2 unspecified atom stereocenters. The Kier molecular flexibility index (Phi) is 7.21. The Morgan fingerprint density at radius 2 is 1.36 bits per heavy atom. The molecule has 2 heterocycles. The Morgan fingerprint density at radius 3 is 1.86 bits per heavy atom. The van der Waals surface area contributed by atoms with E-state index in [1.807, 2.05) is 0 Å². The highest BCUT2D eigenvalue weighted by atomic mass is 16.7. The molecule has 2 fully saturated rings. The number of hydrogen-bond acceptors (Lipinski definition) is 9. The second kappa shape index (κ2) is 9.40. The summed E-state index contributed by atoms with van der Waals surface area (Å²) in [5.41, 5.74) is 0. The maximum Gasteiger partial charge on any atom is 0.336 e. The van der Waals surface area contributed by atoms with E-state index in [-0.39, 0.29) is 46.6 Å². The summed E-state index contributed by atoms with van der Waals surface area (Å²) >= 11 is 0. The Bertz CT molecular complexity index is 664. The third-order valence-corrected chi connectivity index (χ3v) is 4.20. The lowest BCUT2D eigenvalue weighted by Crippen LogP contribution is -2.34. The van der Waals surface area contributed by atoms with E-state index >= 15 is 0 Å². The number of amides is 4. The van der Waals surface area contributed by atoms with Crippen LogP contribution in [0.1, 0.15) is 53.8 Å². The molecule has 2 rings (SSSR count). The lowest BCUT2D eigenvalue weighted by molar-refractivity contribution is -0.201. The highest BCUT2D eigenvalue weighted by molar-refractivity contribution is 6.02. The van der Waals surface area contributed by atoms with Crippen LogP contribution in [0.2, 0.25) is 0 Å². The monoisotopic (exact) mass is 400 g/mol. The van der Waals surface area contributed by atoms with Gasteiger partial charge in [0.15, 0.2) is 0 Å². The maximum absolute atomic E-state index is 11.9. The molecule has 0 spiro atoms. The molecule has 156 valence electrons. The van der Waals surface area contributed by atoms with Gasteiger partial charge in [0.05, 0.1) is 18.4 Å². The fourth-order valence-electron chi connectivity index (χ4n) is 2.49. The topological polar surface area (TPSA) is 137 Å². The van der Waals surface area contributed by atoms with Crippen LogP contribution in [0.25, 0.3) is 0 Å². The van der Waals surface area contributed by atoms with Crippen molar-refractivity contribution >= 4 is 35.6 Å². The van der Waals surface area contributed by atoms with E-state index in [0.29, 0.717) is 10.1 Å². The van der Waals surface area contributed by atoms with Gasteiger partial charge in [-0.2, -0.15) is 0 Å². The summed E-state index contributed by atoms with van der Waals surface area (Å²) in [4.78, 5) is 78.9. The first-order valence-electron chi connectivity index (χ1n) is 8.94. The summed E-state index contributed by atoms with van der Waals surface area (Å²) in [5.74, 6) is -4.38. The Balaban J connectivity index is 0.00000420. The van der Waals surface area contributed by atoms with Gasteiger partial charge in [-0.1, -0.05) is 6.92 Å². The molecule has 28 heavy (non-hydrogen) atoms. The van der Waals surface area contributed by atoms with Crippen LogP contribution in [0.4, 0.5) is 0 Å². The van der Waals surface area contributed by atoms with Crippen molar-refractivity contribution in [1.82, 2.24) is 10.1 Å². The largest absolute Gasteiger partial charge is 0.378 e. The Hall–Kier alpha value is -2.82. The third kappa shape index (κ3) is 5.59. The molecule has 0 radical (unpaired) electrons. The normalized spacial score (nSPS) is 19.2. The zero-order valence-corrected chi connectivity index (χ0v) is 15.7. The Morgan fingerprint density at radius 1 is 0.893 bits per heavy atom. The van der Waals surface area contributed by atoms with Crippen molar-refractivity contribution in [3.63, 3.8) is 0 Å². The van der Waals surface area contributed by atoms with E-state index in [4.69, 9.17) is 14.4 Å². The van der Waals surface area contributed by atoms with Crippen molar-refractivity contribution in [2.75, 3.05) is 6.61 Å². The predicted molar refractivity (Wildman–Crippen MR) is 90.3 cm³/mol. The molecule has 0 N–H and O–H groups in total. The molecule has 0 aromatic rings. The molecule has 0 saturated carbocycles. The van der Waals surface area contributed by atoms with Gasteiger partial charge in [-0.05, 0) is 13.3 Å². The first-order chi connectivity index (χ1) is 13.2. The van der Waals surface area contributed by atoms with Gasteiger partial charge in [-0.3, -0.25) is 19.2 Å². The van der Waals surface area contributed by atoms with Gasteiger partial charge < -0.3 is 14.4 Å². The summed E-state index contributed by atoms with van der Waals surface area (Å²) in [5, 5.41) is 0.952. The van der Waals surface area contributed by atoms with E-state index < -0.39 is 47.6 Å². The van der Waals surface area contributed by atoms with Crippen molar-refractivity contribution in [3.8, 4) is 0 Å². The van der Waals surface area contributed by atoms with E-state index in [9.17, 15) is 28.8 Å². The standard InChI is InChI=1S/C17H22N2O9.H2/c1-10(17(25)28-19-14(22)5-6-15(19)23)7-8-26-11(2)9-16(24)27-18-12(20)3-4-13(18)21;/h10-11H,3-9H2,1-2H3;1H. The molecule has 2 saturated heterocycles. The number of hydroxylamine groups is 4. The molecule has 11 heteroatoms. The third-order valence-electron chi connectivity index (χ3n) is 4.20. The fourth-order valence-corrected chi connectivity index (χ4v) is 2.49. The number of nitrogens with zero attached hydrogens (tertiary/aromatic N) is 2. The molecular weight excluding hydrogens is 376 g/mol. The number of imide groups is 2. The molecule has 0 aromatic heterocycles. The van der Waals surface area contributed by atoms with E-state index in [1.165, 1.54) is 0 Å². The van der Waals surface area contributed by atoms with E-state index in [2.05, 4.69) is 0 Å². The van der Waals surface area contributed by atoms with Gasteiger partial charge >= 0.3 is 11.9 Å². The second-order valence-corrected chi connectivity index (χ2v) is 6.61. The minimum atomic E-state index is -0.783. The first kappa shape index (κ1) is 21.5. The van der Waals surface area contributed by atoms with Crippen LogP contribution in [0.5, 0.6) is 0 Å². The average molecular weight is 400 g/mol. The second-order valence-electron chi connectivity index (χ2n) is 6.61.